The number of aromatic carboxylic acids is 1. The van der Waals surface area contributed by atoms with Crippen molar-refractivity contribution in [1.29, 1.82) is 0 Å². The predicted molar refractivity (Wildman–Crippen MR) is 60.5 cm³/mol. The van der Waals surface area contributed by atoms with E-state index in [1.165, 1.54) is 30.5 Å². The van der Waals surface area contributed by atoms with E-state index in [1.807, 2.05) is 0 Å². The molecule has 0 saturated carbocycles. The molecule has 1 N–H and O–H groups in total. The quantitative estimate of drug-likeness (QED) is 0.927. The summed E-state index contributed by atoms with van der Waals surface area (Å²) in [6.07, 6.45) is 1.20. The fraction of sp³-hybridized carbons (Fsp3) is 0. The number of halogens is 2. The van der Waals surface area contributed by atoms with Crippen molar-refractivity contribution in [2.45, 2.75) is 0 Å². The van der Waals surface area contributed by atoms with Gasteiger partial charge in [-0.25, -0.2) is 14.2 Å². The number of hydrogen-bond acceptors (Lipinski definition) is 4. The van der Waals surface area contributed by atoms with Crippen molar-refractivity contribution in [2.75, 3.05) is 0 Å². The minimum atomic E-state index is -1.23. The number of aromatic nitrogens is 2. The Labute approximate surface area is 106 Å². The predicted octanol–water partition coefficient (Wildman–Crippen LogP) is 2.76. The summed E-state index contributed by atoms with van der Waals surface area (Å²) in [6, 6.07) is 5.11. The van der Waals surface area contributed by atoms with Crippen LogP contribution in [0.4, 0.5) is 4.39 Å². The lowest BCUT2D eigenvalue weighted by atomic mass is 10.3. The van der Waals surface area contributed by atoms with E-state index in [-0.39, 0.29) is 22.5 Å². The Morgan fingerprint density at radius 1 is 1.39 bits per heavy atom. The maximum atomic E-state index is 13.5. The highest BCUT2D eigenvalue weighted by Gasteiger charge is 2.12. The minimum Gasteiger partial charge on any atom is -0.477 e. The molecule has 18 heavy (non-hydrogen) atoms. The third kappa shape index (κ3) is 2.54. The summed E-state index contributed by atoms with van der Waals surface area (Å²) in [5.74, 6) is -2.16. The first-order valence-electron chi connectivity index (χ1n) is 4.76. The topological polar surface area (TPSA) is 72.3 Å². The summed E-state index contributed by atoms with van der Waals surface area (Å²) >= 11 is 5.57. The Morgan fingerprint density at radius 2 is 2.17 bits per heavy atom. The van der Waals surface area contributed by atoms with Gasteiger partial charge in [-0.05, 0) is 18.2 Å². The van der Waals surface area contributed by atoms with Gasteiger partial charge < -0.3 is 9.84 Å². The van der Waals surface area contributed by atoms with Crippen molar-refractivity contribution in [1.82, 2.24) is 9.97 Å². The van der Waals surface area contributed by atoms with Crippen LogP contribution in [0.2, 0.25) is 5.02 Å². The number of ether oxygens (including phenoxy) is 1. The summed E-state index contributed by atoms with van der Waals surface area (Å²) in [7, 11) is 0. The molecule has 0 bridgehead atoms. The van der Waals surface area contributed by atoms with Crippen molar-refractivity contribution in [3.05, 3.63) is 47.0 Å². The summed E-state index contributed by atoms with van der Waals surface area (Å²) in [6.45, 7) is 0. The molecule has 0 atom stereocenters. The van der Waals surface area contributed by atoms with Crippen molar-refractivity contribution in [3.63, 3.8) is 0 Å². The van der Waals surface area contributed by atoms with Gasteiger partial charge in [0.1, 0.15) is 0 Å². The molecule has 0 amide bonds. The SMILES string of the molecule is O=C(O)c1ccnc(Oc2cccc(Cl)c2F)n1. The minimum absolute atomic E-state index is 0.109. The number of hydrogen-bond donors (Lipinski definition) is 1. The Bertz CT molecular complexity index is 607. The summed E-state index contributed by atoms with van der Waals surface area (Å²) in [5.41, 5.74) is -0.248. The molecule has 1 aromatic carbocycles. The second-order valence-electron chi connectivity index (χ2n) is 3.18. The Morgan fingerprint density at radius 3 is 2.89 bits per heavy atom. The molecule has 0 aliphatic rings. The van der Waals surface area contributed by atoms with Gasteiger partial charge in [-0.2, -0.15) is 4.98 Å². The molecule has 2 aromatic rings. The lowest BCUT2D eigenvalue weighted by Gasteiger charge is -2.05. The zero-order valence-corrected chi connectivity index (χ0v) is 9.56. The van der Waals surface area contributed by atoms with Gasteiger partial charge in [-0.1, -0.05) is 17.7 Å². The van der Waals surface area contributed by atoms with E-state index in [0.717, 1.165) is 0 Å². The molecule has 0 aliphatic carbocycles. The van der Waals surface area contributed by atoms with Crippen LogP contribution in [0, 0.1) is 5.82 Å². The van der Waals surface area contributed by atoms with E-state index in [2.05, 4.69) is 9.97 Å². The first-order valence-corrected chi connectivity index (χ1v) is 5.14. The first-order chi connectivity index (χ1) is 8.58. The van der Waals surface area contributed by atoms with Crippen molar-refractivity contribution >= 4 is 17.6 Å². The van der Waals surface area contributed by atoms with Gasteiger partial charge in [0.15, 0.2) is 17.3 Å². The number of carboxylic acids is 1. The van der Waals surface area contributed by atoms with Crippen molar-refractivity contribution in [2.24, 2.45) is 0 Å². The number of carbonyl (C=O) groups is 1. The fourth-order valence-corrected chi connectivity index (χ4v) is 1.34. The average molecular weight is 269 g/mol. The van der Waals surface area contributed by atoms with Crippen LogP contribution < -0.4 is 4.74 Å². The molecule has 0 radical (unpaired) electrons. The third-order valence-electron chi connectivity index (χ3n) is 1.97. The number of rotatable bonds is 3. The maximum Gasteiger partial charge on any atom is 0.354 e. The van der Waals surface area contributed by atoms with Crippen LogP contribution in [0.5, 0.6) is 11.8 Å². The van der Waals surface area contributed by atoms with Gasteiger partial charge in [0.2, 0.25) is 0 Å². The molecule has 0 unspecified atom stereocenters. The molecular weight excluding hydrogens is 263 g/mol. The van der Waals surface area contributed by atoms with E-state index in [1.54, 1.807) is 0 Å². The van der Waals surface area contributed by atoms with Gasteiger partial charge in [0.05, 0.1) is 5.02 Å². The molecule has 1 heterocycles. The molecule has 0 fully saturated rings. The van der Waals surface area contributed by atoms with Gasteiger partial charge in [0, 0.05) is 6.20 Å². The molecule has 0 saturated heterocycles. The number of benzene rings is 1. The molecule has 0 aliphatic heterocycles. The summed E-state index contributed by atoms with van der Waals surface area (Å²) in [4.78, 5) is 18.0. The van der Waals surface area contributed by atoms with Crippen LogP contribution in [-0.2, 0) is 0 Å². The van der Waals surface area contributed by atoms with E-state index < -0.39 is 11.8 Å². The zero-order valence-electron chi connectivity index (χ0n) is 8.80. The van der Waals surface area contributed by atoms with Crippen LogP contribution in [0.1, 0.15) is 10.5 Å². The number of nitrogens with zero attached hydrogens (tertiary/aromatic N) is 2. The van der Waals surface area contributed by atoms with E-state index in [0.29, 0.717) is 0 Å². The van der Waals surface area contributed by atoms with Gasteiger partial charge in [-0.3, -0.25) is 0 Å². The van der Waals surface area contributed by atoms with E-state index in [9.17, 15) is 9.18 Å². The number of carboxylic acid groups (broad SMARTS) is 1. The normalized spacial score (nSPS) is 10.1. The second-order valence-corrected chi connectivity index (χ2v) is 3.59. The zero-order chi connectivity index (χ0) is 13.1. The Hall–Kier alpha value is -2.21. The Balaban J connectivity index is 2.31. The van der Waals surface area contributed by atoms with E-state index in [4.69, 9.17) is 21.4 Å². The highest BCUT2D eigenvalue weighted by molar-refractivity contribution is 6.30. The monoisotopic (exact) mass is 268 g/mol. The molecule has 92 valence electrons. The molecule has 2 rings (SSSR count). The lowest BCUT2D eigenvalue weighted by Crippen LogP contribution is -2.02. The molecule has 5 nitrogen and oxygen atoms in total. The highest BCUT2D eigenvalue weighted by atomic mass is 35.5. The molecule has 7 heteroatoms. The Kier molecular flexibility index (Phi) is 3.38. The van der Waals surface area contributed by atoms with Gasteiger partial charge >= 0.3 is 12.0 Å². The standard InChI is InChI=1S/C11H6ClFN2O3/c12-6-2-1-3-8(9(6)13)18-11-14-5-4-7(15-11)10(16)17/h1-5H,(H,16,17). The molecule has 1 aromatic heterocycles. The molecule has 0 spiro atoms. The average Bonchev–Trinajstić information content (AvgIpc) is 2.35. The molecular formula is C11H6ClFN2O3. The maximum absolute atomic E-state index is 13.5. The van der Waals surface area contributed by atoms with Gasteiger partial charge in [0.25, 0.3) is 0 Å². The van der Waals surface area contributed by atoms with Crippen molar-refractivity contribution < 1.29 is 19.0 Å². The fourth-order valence-electron chi connectivity index (χ4n) is 1.17. The second kappa shape index (κ2) is 4.97. The van der Waals surface area contributed by atoms with Crippen LogP contribution >= 0.6 is 11.6 Å². The smallest absolute Gasteiger partial charge is 0.354 e. The van der Waals surface area contributed by atoms with Crippen LogP contribution in [0.3, 0.4) is 0 Å². The largest absolute Gasteiger partial charge is 0.477 e. The van der Waals surface area contributed by atoms with Crippen LogP contribution in [0.15, 0.2) is 30.5 Å². The van der Waals surface area contributed by atoms with Crippen molar-refractivity contribution in [3.8, 4) is 11.8 Å². The summed E-state index contributed by atoms with van der Waals surface area (Å²) < 4.78 is 18.6. The van der Waals surface area contributed by atoms with Gasteiger partial charge in [-0.15, -0.1) is 0 Å². The summed E-state index contributed by atoms with van der Waals surface area (Å²) in [5, 5.41) is 8.62. The third-order valence-corrected chi connectivity index (χ3v) is 2.26. The van der Waals surface area contributed by atoms with Crippen LogP contribution in [0.25, 0.3) is 0 Å². The lowest BCUT2D eigenvalue weighted by molar-refractivity contribution is 0.0689. The van der Waals surface area contributed by atoms with Crippen LogP contribution in [-0.4, -0.2) is 21.0 Å². The highest BCUT2D eigenvalue weighted by Crippen LogP contribution is 2.26. The van der Waals surface area contributed by atoms with E-state index >= 15 is 0 Å². The first kappa shape index (κ1) is 12.3.